The van der Waals surface area contributed by atoms with Crippen molar-refractivity contribution in [3.05, 3.63) is 41.4 Å². The van der Waals surface area contributed by atoms with Crippen LogP contribution in [0.5, 0.6) is 0 Å². The molecule has 25 heavy (non-hydrogen) atoms. The number of aliphatic imine (C=N–C) groups is 1. The predicted molar refractivity (Wildman–Crippen MR) is 116 cm³/mol. The summed E-state index contributed by atoms with van der Waals surface area (Å²) in [5.41, 5.74) is 0.761. The van der Waals surface area contributed by atoms with Crippen molar-refractivity contribution in [1.29, 1.82) is 0 Å². The van der Waals surface area contributed by atoms with E-state index >= 15 is 0 Å². The Morgan fingerprint density at radius 3 is 2.56 bits per heavy atom. The Morgan fingerprint density at radius 1 is 1.24 bits per heavy atom. The minimum Gasteiger partial charge on any atom is -0.357 e. The molecule has 0 atom stereocenters. The van der Waals surface area contributed by atoms with Crippen LogP contribution in [0.2, 0.25) is 5.02 Å². The normalized spacial score (nSPS) is 14.1. The van der Waals surface area contributed by atoms with E-state index in [-0.39, 0.29) is 29.9 Å². The van der Waals surface area contributed by atoms with Crippen molar-refractivity contribution in [2.45, 2.75) is 38.6 Å². The maximum absolute atomic E-state index is 11.9. The van der Waals surface area contributed by atoms with Gasteiger partial charge < -0.3 is 16.0 Å². The van der Waals surface area contributed by atoms with Gasteiger partial charge in [0, 0.05) is 36.3 Å². The van der Waals surface area contributed by atoms with E-state index in [1.54, 1.807) is 24.3 Å². The van der Waals surface area contributed by atoms with Crippen LogP contribution in [-0.4, -0.2) is 31.0 Å². The number of rotatable bonds is 7. The van der Waals surface area contributed by atoms with Crippen LogP contribution in [-0.2, 0) is 4.79 Å². The molecule has 0 saturated heterocycles. The van der Waals surface area contributed by atoms with Crippen molar-refractivity contribution in [1.82, 2.24) is 10.6 Å². The smallest absolute Gasteiger partial charge is 0.224 e. The molecular formula is C18H26ClIN4O. The number of carbonyl (C=O) groups excluding carboxylic acids is 1. The number of benzene rings is 1. The number of hydrogen-bond donors (Lipinski definition) is 3. The van der Waals surface area contributed by atoms with Gasteiger partial charge in [-0.2, -0.15) is 0 Å². The lowest BCUT2D eigenvalue weighted by atomic mass is 10.2. The van der Waals surface area contributed by atoms with Gasteiger partial charge in [-0.05, 0) is 50.5 Å². The number of guanidine groups is 1. The third-order valence-electron chi connectivity index (χ3n) is 3.65. The highest BCUT2D eigenvalue weighted by molar-refractivity contribution is 14.0. The molecule has 138 valence electrons. The van der Waals surface area contributed by atoms with E-state index in [0.717, 1.165) is 31.0 Å². The molecule has 0 unspecified atom stereocenters. The van der Waals surface area contributed by atoms with Gasteiger partial charge in [0.15, 0.2) is 5.96 Å². The van der Waals surface area contributed by atoms with Crippen molar-refractivity contribution in [2.75, 3.05) is 18.4 Å². The van der Waals surface area contributed by atoms with Gasteiger partial charge in [0.1, 0.15) is 0 Å². The molecule has 5 nitrogen and oxygen atoms in total. The Morgan fingerprint density at radius 2 is 1.92 bits per heavy atom. The number of hydrogen-bond acceptors (Lipinski definition) is 2. The Hall–Kier alpha value is -1.28. The SMILES string of the molecule is CCNC(=NCCCC(=O)Nc1ccc(Cl)cc1)NC1CC=CC1.I. The Bertz CT molecular complexity index is 581. The molecule has 0 radical (unpaired) electrons. The molecule has 1 aromatic rings. The van der Waals surface area contributed by atoms with Crippen molar-refractivity contribution in [3.8, 4) is 0 Å². The van der Waals surface area contributed by atoms with Crippen LogP contribution < -0.4 is 16.0 Å². The maximum Gasteiger partial charge on any atom is 0.224 e. The van der Waals surface area contributed by atoms with Crippen LogP contribution >= 0.6 is 35.6 Å². The molecule has 3 N–H and O–H groups in total. The first-order valence-electron chi connectivity index (χ1n) is 8.42. The lowest BCUT2D eigenvalue weighted by Crippen LogP contribution is -2.42. The van der Waals surface area contributed by atoms with Crippen LogP contribution in [0, 0.1) is 0 Å². The highest BCUT2D eigenvalue weighted by Crippen LogP contribution is 2.13. The molecule has 2 rings (SSSR count). The summed E-state index contributed by atoms with van der Waals surface area (Å²) in [5.74, 6) is 0.815. The Labute approximate surface area is 171 Å². The van der Waals surface area contributed by atoms with E-state index in [0.29, 0.717) is 30.5 Å². The van der Waals surface area contributed by atoms with Crippen LogP contribution in [0.1, 0.15) is 32.6 Å². The second-order valence-electron chi connectivity index (χ2n) is 5.70. The van der Waals surface area contributed by atoms with E-state index in [1.807, 2.05) is 6.92 Å². The van der Waals surface area contributed by atoms with Crippen molar-refractivity contribution in [3.63, 3.8) is 0 Å². The molecule has 0 bridgehead atoms. The summed E-state index contributed by atoms with van der Waals surface area (Å²) in [4.78, 5) is 16.5. The molecule has 1 aliphatic rings. The number of amides is 1. The minimum atomic E-state index is -0.00882. The van der Waals surface area contributed by atoms with Gasteiger partial charge in [0.25, 0.3) is 0 Å². The molecule has 1 aromatic carbocycles. The number of anilines is 1. The molecule has 0 spiro atoms. The zero-order valence-corrected chi connectivity index (χ0v) is 17.5. The summed E-state index contributed by atoms with van der Waals surface area (Å²) in [6, 6.07) is 7.53. The summed E-state index contributed by atoms with van der Waals surface area (Å²) < 4.78 is 0. The second kappa shape index (κ2) is 12.1. The first kappa shape index (κ1) is 21.8. The monoisotopic (exact) mass is 476 g/mol. The van der Waals surface area contributed by atoms with E-state index in [1.165, 1.54) is 0 Å². The van der Waals surface area contributed by atoms with Gasteiger partial charge in [0.2, 0.25) is 5.91 Å². The van der Waals surface area contributed by atoms with Crippen molar-refractivity contribution < 1.29 is 4.79 Å². The summed E-state index contributed by atoms with van der Waals surface area (Å²) in [6.07, 6.45) is 7.59. The fourth-order valence-corrected chi connectivity index (χ4v) is 2.56. The molecular weight excluding hydrogens is 451 g/mol. The van der Waals surface area contributed by atoms with Crippen LogP contribution in [0.25, 0.3) is 0 Å². The fourth-order valence-electron chi connectivity index (χ4n) is 2.44. The predicted octanol–water partition coefficient (Wildman–Crippen LogP) is 3.95. The van der Waals surface area contributed by atoms with E-state index < -0.39 is 0 Å². The van der Waals surface area contributed by atoms with Crippen LogP contribution in [0.15, 0.2) is 41.4 Å². The zero-order valence-electron chi connectivity index (χ0n) is 14.4. The average Bonchev–Trinajstić information content (AvgIpc) is 3.07. The quantitative estimate of drug-likeness (QED) is 0.184. The van der Waals surface area contributed by atoms with Gasteiger partial charge in [-0.3, -0.25) is 9.79 Å². The van der Waals surface area contributed by atoms with Gasteiger partial charge in [-0.25, -0.2) is 0 Å². The molecule has 0 fully saturated rings. The molecule has 0 aliphatic heterocycles. The van der Waals surface area contributed by atoms with Crippen LogP contribution in [0.3, 0.4) is 0 Å². The molecule has 0 heterocycles. The highest BCUT2D eigenvalue weighted by atomic mass is 127. The number of halogens is 2. The van der Waals surface area contributed by atoms with Gasteiger partial charge in [0.05, 0.1) is 0 Å². The summed E-state index contributed by atoms with van der Waals surface area (Å²) in [5, 5.41) is 10.2. The lowest BCUT2D eigenvalue weighted by Gasteiger charge is -2.16. The third kappa shape index (κ3) is 8.58. The molecule has 0 aromatic heterocycles. The molecule has 0 saturated carbocycles. The van der Waals surface area contributed by atoms with Gasteiger partial charge >= 0.3 is 0 Å². The standard InChI is InChI=1S/C18H25ClN4O.HI/c1-2-20-18(23-15-6-3-4-7-15)21-13-5-8-17(24)22-16-11-9-14(19)10-12-16;/h3-4,9-12,15H,2,5-8,13H2,1H3,(H,22,24)(H2,20,21,23);1H. The first-order valence-corrected chi connectivity index (χ1v) is 8.80. The third-order valence-corrected chi connectivity index (χ3v) is 3.90. The van der Waals surface area contributed by atoms with Gasteiger partial charge in [-0.15, -0.1) is 24.0 Å². The second-order valence-corrected chi connectivity index (χ2v) is 6.14. The average molecular weight is 477 g/mol. The van der Waals surface area contributed by atoms with Gasteiger partial charge in [-0.1, -0.05) is 23.8 Å². The number of nitrogens with zero attached hydrogens (tertiary/aromatic N) is 1. The zero-order chi connectivity index (χ0) is 17.2. The summed E-state index contributed by atoms with van der Waals surface area (Å²) in [7, 11) is 0. The molecule has 1 aliphatic carbocycles. The van der Waals surface area contributed by atoms with Crippen molar-refractivity contribution in [2.24, 2.45) is 4.99 Å². The lowest BCUT2D eigenvalue weighted by molar-refractivity contribution is -0.116. The van der Waals surface area contributed by atoms with E-state index in [9.17, 15) is 4.79 Å². The first-order chi connectivity index (χ1) is 11.7. The Balaban J connectivity index is 0.00000312. The maximum atomic E-state index is 11.9. The molecule has 7 heteroatoms. The van der Waals surface area contributed by atoms with E-state index in [4.69, 9.17) is 11.6 Å². The molecule has 1 amide bonds. The summed E-state index contributed by atoms with van der Waals surface area (Å²) in [6.45, 7) is 3.48. The highest BCUT2D eigenvalue weighted by Gasteiger charge is 2.11. The summed E-state index contributed by atoms with van der Waals surface area (Å²) >= 11 is 5.82. The topological polar surface area (TPSA) is 65.5 Å². The number of carbonyl (C=O) groups is 1. The number of nitrogens with one attached hydrogen (secondary N) is 3. The van der Waals surface area contributed by atoms with Crippen LogP contribution in [0.4, 0.5) is 5.69 Å². The van der Waals surface area contributed by atoms with E-state index in [2.05, 4.69) is 33.1 Å². The minimum absolute atomic E-state index is 0. The van der Waals surface area contributed by atoms with Crippen molar-refractivity contribution >= 4 is 53.1 Å². The Kier molecular flexibility index (Phi) is 10.6. The largest absolute Gasteiger partial charge is 0.357 e. The fraction of sp³-hybridized carbons (Fsp3) is 0.444.